The normalized spacial score (nSPS) is 11.1. The molecular weight excluding hydrogens is 444 g/mol. The molecule has 0 saturated heterocycles. The Morgan fingerprint density at radius 1 is 1.29 bits per heavy atom. The standard InChI is InChI=1S/C19H19BrN4O3S/c1-26-16-8-14-15(9-17(16)27-2)24(19(22-14)28-3)11-18(25)23-21-10-12-5-4-6-13(20)7-12/h4-10H,11H2,1-3H3,(H,23,25)/b21-10-. The van der Waals surface area contributed by atoms with E-state index in [0.717, 1.165) is 26.2 Å². The molecule has 0 aliphatic heterocycles. The van der Waals surface area contributed by atoms with Crippen molar-refractivity contribution in [2.45, 2.75) is 11.7 Å². The Bertz CT molecular complexity index is 1040. The van der Waals surface area contributed by atoms with Gasteiger partial charge in [-0.3, -0.25) is 4.79 Å². The highest BCUT2D eigenvalue weighted by Crippen LogP contribution is 2.33. The minimum Gasteiger partial charge on any atom is -0.493 e. The molecule has 2 aromatic carbocycles. The number of methoxy groups -OCH3 is 2. The molecule has 0 bridgehead atoms. The van der Waals surface area contributed by atoms with Gasteiger partial charge in [0.05, 0.1) is 31.5 Å². The summed E-state index contributed by atoms with van der Waals surface area (Å²) in [5.74, 6) is 0.919. The van der Waals surface area contributed by atoms with Crippen LogP contribution in [-0.4, -0.2) is 42.1 Å². The van der Waals surface area contributed by atoms with Gasteiger partial charge in [-0.25, -0.2) is 10.4 Å². The fourth-order valence-electron chi connectivity index (χ4n) is 2.68. The highest BCUT2D eigenvalue weighted by Gasteiger charge is 2.16. The Morgan fingerprint density at radius 2 is 2.04 bits per heavy atom. The Labute approximate surface area is 175 Å². The lowest BCUT2D eigenvalue weighted by Gasteiger charge is -2.09. The van der Waals surface area contributed by atoms with Crippen LogP contribution in [0.25, 0.3) is 11.0 Å². The molecule has 3 aromatic rings. The van der Waals surface area contributed by atoms with Crippen molar-refractivity contribution in [1.82, 2.24) is 15.0 Å². The minimum atomic E-state index is -0.254. The molecule has 0 aliphatic carbocycles. The molecule has 0 saturated carbocycles. The van der Waals surface area contributed by atoms with E-state index in [1.165, 1.54) is 11.8 Å². The maximum Gasteiger partial charge on any atom is 0.260 e. The van der Waals surface area contributed by atoms with Crippen LogP contribution in [0, 0.1) is 0 Å². The predicted molar refractivity (Wildman–Crippen MR) is 114 cm³/mol. The van der Waals surface area contributed by atoms with E-state index in [4.69, 9.17) is 9.47 Å². The quantitative estimate of drug-likeness (QED) is 0.329. The summed E-state index contributed by atoms with van der Waals surface area (Å²) in [6, 6.07) is 11.2. The van der Waals surface area contributed by atoms with Gasteiger partial charge < -0.3 is 14.0 Å². The number of nitrogens with zero attached hydrogens (tertiary/aromatic N) is 3. The molecule has 0 spiro atoms. The number of hydrogen-bond acceptors (Lipinski definition) is 6. The average Bonchev–Trinajstić information content (AvgIpc) is 3.03. The van der Waals surface area contributed by atoms with Crippen LogP contribution in [0.1, 0.15) is 5.56 Å². The van der Waals surface area contributed by atoms with Crippen molar-refractivity contribution in [2.75, 3.05) is 20.5 Å². The molecule has 7 nitrogen and oxygen atoms in total. The minimum absolute atomic E-state index is 0.0813. The summed E-state index contributed by atoms with van der Waals surface area (Å²) in [6.07, 6.45) is 3.51. The third-order valence-corrected chi connectivity index (χ3v) is 5.12. The number of amides is 1. The van der Waals surface area contributed by atoms with Crippen LogP contribution in [0.5, 0.6) is 11.5 Å². The summed E-state index contributed by atoms with van der Waals surface area (Å²) in [7, 11) is 3.15. The predicted octanol–water partition coefficient (Wildman–Crippen LogP) is 3.69. The third kappa shape index (κ3) is 4.48. The first-order valence-electron chi connectivity index (χ1n) is 8.29. The average molecular weight is 463 g/mol. The summed E-state index contributed by atoms with van der Waals surface area (Å²) >= 11 is 4.86. The van der Waals surface area contributed by atoms with Gasteiger partial charge in [0, 0.05) is 16.6 Å². The van der Waals surface area contributed by atoms with E-state index in [0.29, 0.717) is 11.5 Å². The molecule has 3 rings (SSSR count). The Morgan fingerprint density at radius 3 is 2.71 bits per heavy atom. The number of halogens is 1. The summed E-state index contributed by atoms with van der Waals surface area (Å²) < 4.78 is 13.5. The number of rotatable bonds is 7. The maximum absolute atomic E-state index is 12.4. The molecule has 28 heavy (non-hydrogen) atoms. The number of fused-ring (bicyclic) bond motifs is 1. The first-order valence-corrected chi connectivity index (χ1v) is 10.3. The molecule has 0 fully saturated rings. The van der Waals surface area contributed by atoms with Gasteiger partial charge in [-0.1, -0.05) is 39.8 Å². The molecule has 1 aromatic heterocycles. The van der Waals surface area contributed by atoms with Crippen molar-refractivity contribution in [3.8, 4) is 11.5 Å². The maximum atomic E-state index is 12.4. The number of imidazole rings is 1. The zero-order chi connectivity index (χ0) is 20.1. The first-order chi connectivity index (χ1) is 13.5. The van der Waals surface area contributed by atoms with Crippen molar-refractivity contribution >= 4 is 50.8 Å². The van der Waals surface area contributed by atoms with E-state index in [1.54, 1.807) is 26.5 Å². The molecule has 9 heteroatoms. The van der Waals surface area contributed by atoms with Gasteiger partial charge in [0.15, 0.2) is 16.7 Å². The second-order valence-electron chi connectivity index (χ2n) is 5.73. The second kappa shape index (κ2) is 9.11. The second-order valence-corrected chi connectivity index (χ2v) is 7.42. The van der Waals surface area contributed by atoms with Gasteiger partial charge >= 0.3 is 0 Å². The lowest BCUT2D eigenvalue weighted by atomic mass is 10.2. The molecule has 0 aliphatic rings. The lowest BCUT2D eigenvalue weighted by Crippen LogP contribution is -2.23. The topological polar surface area (TPSA) is 77.7 Å². The van der Waals surface area contributed by atoms with Crippen molar-refractivity contribution < 1.29 is 14.3 Å². The number of thioether (sulfide) groups is 1. The number of hydrogen-bond donors (Lipinski definition) is 1. The van der Waals surface area contributed by atoms with E-state index in [1.807, 2.05) is 41.2 Å². The fraction of sp³-hybridized carbons (Fsp3) is 0.211. The van der Waals surface area contributed by atoms with Gasteiger partial charge in [-0.15, -0.1) is 0 Å². The SMILES string of the molecule is COc1cc2nc(SC)n(CC(=O)N/N=C\c3cccc(Br)c3)c2cc1OC. The molecule has 0 radical (unpaired) electrons. The van der Waals surface area contributed by atoms with Crippen LogP contribution in [0.4, 0.5) is 0 Å². The number of carbonyl (C=O) groups is 1. The van der Waals surface area contributed by atoms with E-state index >= 15 is 0 Å². The number of benzene rings is 2. The van der Waals surface area contributed by atoms with Crippen LogP contribution in [-0.2, 0) is 11.3 Å². The number of hydrazone groups is 1. The molecule has 146 valence electrons. The van der Waals surface area contributed by atoms with Crippen molar-refractivity contribution in [3.05, 3.63) is 46.4 Å². The summed E-state index contributed by atoms with van der Waals surface area (Å²) in [6.45, 7) is 0.0813. The Hall–Kier alpha value is -2.52. The van der Waals surface area contributed by atoms with Crippen molar-refractivity contribution in [3.63, 3.8) is 0 Å². The smallest absolute Gasteiger partial charge is 0.260 e. The lowest BCUT2D eigenvalue weighted by molar-refractivity contribution is -0.121. The largest absolute Gasteiger partial charge is 0.493 e. The van der Waals surface area contributed by atoms with E-state index in [2.05, 4.69) is 31.4 Å². The zero-order valence-corrected chi connectivity index (χ0v) is 18.0. The monoisotopic (exact) mass is 462 g/mol. The number of ether oxygens (including phenoxy) is 2. The van der Waals surface area contributed by atoms with Gasteiger partial charge in [-0.2, -0.15) is 5.10 Å². The van der Waals surface area contributed by atoms with Gasteiger partial charge in [-0.05, 0) is 24.0 Å². The van der Waals surface area contributed by atoms with Crippen molar-refractivity contribution in [2.24, 2.45) is 5.10 Å². The van der Waals surface area contributed by atoms with Gasteiger partial charge in [0.1, 0.15) is 6.54 Å². The Balaban J connectivity index is 1.81. The Kier molecular flexibility index (Phi) is 6.58. The highest BCUT2D eigenvalue weighted by molar-refractivity contribution is 9.10. The summed E-state index contributed by atoms with van der Waals surface area (Å²) in [5.41, 5.74) is 4.95. The molecule has 1 N–H and O–H groups in total. The van der Waals surface area contributed by atoms with Crippen LogP contribution < -0.4 is 14.9 Å². The summed E-state index contributed by atoms with van der Waals surface area (Å²) in [5, 5.41) is 4.75. The van der Waals surface area contributed by atoms with E-state index in [-0.39, 0.29) is 12.5 Å². The van der Waals surface area contributed by atoms with E-state index in [9.17, 15) is 4.79 Å². The number of carbonyl (C=O) groups excluding carboxylic acids is 1. The van der Waals surface area contributed by atoms with E-state index < -0.39 is 0 Å². The van der Waals surface area contributed by atoms with Gasteiger partial charge in [0.25, 0.3) is 5.91 Å². The van der Waals surface area contributed by atoms with Gasteiger partial charge in [0.2, 0.25) is 0 Å². The molecule has 1 heterocycles. The van der Waals surface area contributed by atoms with Crippen LogP contribution in [0.15, 0.2) is 51.1 Å². The highest BCUT2D eigenvalue weighted by atomic mass is 79.9. The van der Waals surface area contributed by atoms with Crippen molar-refractivity contribution in [1.29, 1.82) is 0 Å². The van der Waals surface area contributed by atoms with Crippen LogP contribution >= 0.6 is 27.7 Å². The molecular formula is C19H19BrN4O3S. The third-order valence-electron chi connectivity index (χ3n) is 3.95. The van der Waals surface area contributed by atoms with Crippen LogP contribution in [0.3, 0.4) is 0 Å². The number of aromatic nitrogens is 2. The summed E-state index contributed by atoms with van der Waals surface area (Å²) in [4.78, 5) is 17.0. The van der Waals surface area contributed by atoms with Crippen LogP contribution in [0.2, 0.25) is 0 Å². The first kappa shape index (κ1) is 20.2. The molecule has 0 unspecified atom stereocenters. The zero-order valence-electron chi connectivity index (χ0n) is 15.6. The number of nitrogens with one attached hydrogen (secondary N) is 1. The molecule has 1 amide bonds. The molecule has 0 atom stereocenters. The fourth-order valence-corrected chi connectivity index (χ4v) is 3.67.